The second kappa shape index (κ2) is 74.0. The fourth-order valence-electron chi connectivity index (χ4n) is 9.66. The average molecular weight is 1470 g/mol. The summed E-state index contributed by atoms with van der Waals surface area (Å²) in [5.74, 6) is -2.28. The molecule has 0 radical (unpaired) electrons. The lowest BCUT2D eigenvalue weighted by molar-refractivity contribution is -0.161. The maximum absolute atomic E-state index is 13.1. The van der Waals surface area contributed by atoms with Gasteiger partial charge in [-0.25, -0.2) is 9.13 Å². The molecule has 19 heteroatoms. The molecule has 102 heavy (non-hydrogen) atoms. The predicted molar refractivity (Wildman–Crippen MR) is 417 cm³/mol. The van der Waals surface area contributed by atoms with Crippen LogP contribution in [0.15, 0.2) is 158 Å². The molecule has 0 spiro atoms. The van der Waals surface area contributed by atoms with Gasteiger partial charge < -0.3 is 33.8 Å². The largest absolute Gasteiger partial charge is 0.472 e. The molecule has 0 rings (SSSR count). The molecule has 17 nitrogen and oxygen atoms in total. The molecule has 0 aliphatic rings. The van der Waals surface area contributed by atoms with Crippen molar-refractivity contribution in [1.82, 2.24) is 0 Å². The first-order chi connectivity index (χ1) is 49.7. The van der Waals surface area contributed by atoms with Gasteiger partial charge in [0.25, 0.3) is 0 Å². The SMILES string of the molecule is CC/C=C\C/C=C\C/C=C\C/C=C\CCCCCCCCC(=O)OCC(COP(=O)(O)OCC(O)COP(=O)(O)OCC(COC(=O)CCCCCCC/C=C\C/C=C\C/C=C\CC)OC(=O)CCCCCCC/C=C\C/C=C\CCC)OC(=O)CCCC/C=C\C/C=C\C/C=C\C/C=C\CC. The topological polar surface area (TPSA) is 237 Å². The second-order valence-electron chi connectivity index (χ2n) is 25.1. The van der Waals surface area contributed by atoms with E-state index in [4.69, 9.17) is 37.0 Å². The van der Waals surface area contributed by atoms with E-state index in [2.05, 4.69) is 186 Å². The van der Waals surface area contributed by atoms with Gasteiger partial charge in [-0.05, 0) is 161 Å². The fourth-order valence-corrected chi connectivity index (χ4v) is 11.2. The van der Waals surface area contributed by atoms with Gasteiger partial charge in [0, 0.05) is 25.7 Å². The molecule has 0 aliphatic carbocycles. The van der Waals surface area contributed by atoms with Crippen LogP contribution >= 0.6 is 15.6 Å². The molecule has 0 bridgehead atoms. The minimum absolute atomic E-state index is 0.0335. The van der Waals surface area contributed by atoms with Crippen molar-refractivity contribution in [2.24, 2.45) is 0 Å². The highest BCUT2D eigenvalue weighted by atomic mass is 31.2. The van der Waals surface area contributed by atoms with Gasteiger partial charge in [0.1, 0.15) is 19.3 Å². The van der Waals surface area contributed by atoms with Crippen molar-refractivity contribution >= 4 is 39.5 Å². The molecule has 0 saturated heterocycles. The van der Waals surface area contributed by atoms with Crippen LogP contribution in [-0.4, -0.2) is 96.7 Å². The standard InChI is InChI=1S/C83H136O17P2/c1-5-9-13-17-21-25-29-33-36-37-38-39-42-45-48-52-56-60-64-68-81(86)94-74-79(100-83(88)70-66-62-58-54-50-46-41-35-31-27-23-19-15-11-7-3)76-98-102(91,92)96-72-77(84)71-95-101(89,90)97-75-78(99-82(87)69-65-61-57-53-49-43-32-28-24-20-16-12-8-4)73-93-80(85)67-63-59-55-51-47-44-40-34-30-26-22-18-14-10-6-2/h9-11,13-16,20-23,25-28,32-36,38-41,50,54,77-79,84H,5-8,12,17-19,24,29-31,37,42-49,51-53,55-76H2,1-4H3,(H,89,90)(H,91,92)/b13-9-,14-10-,15-11-,20-16-,25-21-,26-22-,27-23-,32-28-,36-33-,39-38-,40-34-,41-35-,54-50-. The van der Waals surface area contributed by atoms with Crippen LogP contribution in [0.3, 0.4) is 0 Å². The number of carbonyl (C=O) groups excluding carboxylic acids is 4. The zero-order valence-electron chi connectivity index (χ0n) is 63.2. The van der Waals surface area contributed by atoms with E-state index in [-0.39, 0.29) is 25.7 Å². The number of phosphoric ester groups is 2. The van der Waals surface area contributed by atoms with Gasteiger partial charge in [-0.3, -0.25) is 37.3 Å². The van der Waals surface area contributed by atoms with Gasteiger partial charge in [0.05, 0.1) is 26.4 Å². The highest BCUT2D eigenvalue weighted by molar-refractivity contribution is 7.47. The van der Waals surface area contributed by atoms with Gasteiger partial charge in [-0.15, -0.1) is 0 Å². The van der Waals surface area contributed by atoms with Crippen LogP contribution in [0.4, 0.5) is 0 Å². The summed E-state index contributed by atoms with van der Waals surface area (Å²) in [5, 5.41) is 10.6. The Hall–Kier alpha value is -5.32. The number of rotatable bonds is 71. The zero-order chi connectivity index (χ0) is 74.6. The Kier molecular flexibility index (Phi) is 70.1. The number of hydrogen-bond acceptors (Lipinski definition) is 15. The third kappa shape index (κ3) is 73.0. The van der Waals surface area contributed by atoms with Crippen molar-refractivity contribution in [3.05, 3.63) is 158 Å². The molecule has 3 N–H and O–H groups in total. The van der Waals surface area contributed by atoms with Crippen molar-refractivity contribution in [2.45, 2.75) is 303 Å². The van der Waals surface area contributed by atoms with Gasteiger partial charge in [-0.2, -0.15) is 0 Å². The summed E-state index contributed by atoms with van der Waals surface area (Å²) in [6, 6.07) is 0. The van der Waals surface area contributed by atoms with Crippen molar-refractivity contribution in [2.75, 3.05) is 39.6 Å². The Labute approximate surface area is 617 Å². The van der Waals surface area contributed by atoms with Crippen LogP contribution in [-0.2, 0) is 65.4 Å². The van der Waals surface area contributed by atoms with E-state index in [0.717, 1.165) is 199 Å². The summed E-state index contributed by atoms with van der Waals surface area (Å²) < 4.78 is 68.5. The molecule has 0 aromatic carbocycles. The van der Waals surface area contributed by atoms with Crippen LogP contribution < -0.4 is 0 Å². The lowest BCUT2D eigenvalue weighted by Crippen LogP contribution is -2.30. The van der Waals surface area contributed by atoms with Crippen LogP contribution in [0.1, 0.15) is 285 Å². The molecule has 0 amide bonds. The number of esters is 4. The van der Waals surface area contributed by atoms with E-state index in [1.54, 1.807) is 0 Å². The molecule has 0 aromatic rings. The summed E-state index contributed by atoms with van der Waals surface area (Å²) in [6.07, 6.45) is 85.2. The van der Waals surface area contributed by atoms with Crippen LogP contribution in [0.2, 0.25) is 0 Å². The number of carbonyl (C=O) groups is 4. The van der Waals surface area contributed by atoms with Gasteiger partial charge >= 0.3 is 39.5 Å². The number of unbranched alkanes of at least 4 members (excludes halogenated alkanes) is 19. The van der Waals surface area contributed by atoms with E-state index >= 15 is 0 Å². The van der Waals surface area contributed by atoms with E-state index in [1.165, 1.54) is 0 Å². The maximum Gasteiger partial charge on any atom is 0.472 e. The van der Waals surface area contributed by atoms with E-state index in [9.17, 15) is 43.2 Å². The van der Waals surface area contributed by atoms with Crippen molar-refractivity contribution in [1.29, 1.82) is 0 Å². The molecular weight excluding hydrogens is 1330 g/mol. The van der Waals surface area contributed by atoms with Crippen LogP contribution in [0.5, 0.6) is 0 Å². The maximum atomic E-state index is 13.1. The third-order valence-electron chi connectivity index (χ3n) is 15.4. The number of aliphatic hydroxyl groups excluding tert-OH is 1. The number of allylic oxidation sites excluding steroid dienone is 26. The average Bonchev–Trinajstić information content (AvgIpc) is 0.924. The van der Waals surface area contributed by atoms with Gasteiger partial charge in [0.2, 0.25) is 0 Å². The Morgan fingerprint density at radius 1 is 0.284 bits per heavy atom. The fraction of sp³-hybridized carbons (Fsp3) is 0.639. The molecular formula is C83H136O17P2. The van der Waals surface area contributed by atoms with E-state index < -0.39 is 97.5 Å². The highest BCUT2D eigenvalue weighted by Gasteiger charge is 2.30. The number of ether oxygens (including phenoxy) is 4. The molecule has 580 valence electrons. The monoisotopic (exact) mass is 1470 g/mol. The Morgan fingerprint density at radius 3 is 0.804 bits per heavy atom. The third-order valence-corrected chi connectivity index (χ3v) is 17.4. The Balaban J connectivity index is 5.42. The lowest BCUT2D eigenvalue weighted by atomic mass is 10.1. The normalized spacial score (nSPS) is 14.8. The predicted octanol–water partition coefficient (Wildman–Crippen LogP) is 22.4. The Morgan fingerprint density at radius 2 is 0.510 bits per heavy atom. The zero-order valence-corrected chi connectivity index (χ0v) is 65.0. The van der Waals surface area contributed by atoms with Crippen molar-refractivity contribution < 1.29 is 80.2 Å². The summed E-state index contributed by atoms with van der Waals surface area (Å²) >= 11 is 0. The molecule has 0 aromatic heterocycles. The van der Waals surface area contributed by atoms with E-state index in [1.807, 2.05) is 0 Å². The first kappa shape index (κ1) is 96.7. The number of phosphoric acid groups is 2. The molecule has 0 heterocycles. The molecule has 0 aliphatic heterocycles. The van der Waals surface area contributed by atoms with Crippen molar-refractivity contribution in [3.8, 4) is 0 Å². The quantitative estimate of drug-likeness (QED) is 0.0169. The van der Waals surface area contributed by atoms with E-state index in [0.29, 0.717) is 32.1 Å². The summed E-state index contributed by atoms with van der Waals surface area (Å²) in [4.78, 5) is 72.9. The molecule has 5 unspecified atom stereocenters. The molecule has 0 fully saturated rings. The number of aliphatic hydroxyl groups is 1. The highest BCUT2D eigenvalue weighted by Crippen LogP contribution is 2.45. The molecule has 5 atom stereocenters. The van der Waals surface area contributed by atoms with Crippen molar-refractivity contribution in [3.63, 3.8) is 0 Å². The number of hydrogen-bond donors (Lipinski definition) is 3. The lowest BCUT2D eigenvalue weighted by Gasteiger charge is -2.21. The summed E-state index contributed by atoms with van der Waals surface area (Å²) in [7, 11) is -9.99. The first-order valence-corrected chi connectivity index (χ1v) is 41.7. The van der Waals surface area contributed by atoms with Gasteiger partial charge in [0.15, 0.2) is 12.2 Å². The second-order valence-corrected chi connectivity index (χ2v) is 28.1. The smallest absolute Gasteiger partial charge is 0.462 e. The minimum Gasteiger partial charge on any atom is -0.462 e. The van der Waals surface area contributed by atoms with Crippen LogP contribution in [0.25, 0.3) is 0 Å². The van der Waals surface area contributed by atoms with Crippen LogP contribution in [0, 0.1) is 0 Å². The summed E-state index contributed by atoms with van der Waals surface area (Å²) in [6.45, 7) is 4.35. The first-order valence-electron chi connectivity index (χ1n) is 38.7. The minimum atomic E-state index is -5.00. The van der Waals surface area contributed by atoms with Gasteiger partial charge in [-0.1, -0.05) is 256 Å². The summed E-state index contributed by atoms with van der Waals surface area (Å²) in [5.41, 5.74) is 0. The molecule has 0 saturated carbocycles. The Bertz CT molecular complexity index is 2550.